The molecule has 0 aromatic carbocycles. The van der Waals surface area contributed by atoms with Gasteiger partial charge in [0.1, 0.15) is 0 Å². The molecule has 8 nitrogen and oxygen atoms in total. The van der Waals surface area contributed by atoms with Crippen LogP contribution in [0.25, 0.3) is 0 Å². The summed E-state index contributed by atoms with van der Waals surface area (Å²) in [5, 5.41) is 14.8. The molecule has 0 rings (SSSR count). The first-order chi connectivity index (χ1) is 6.43. The zero-order valence-electron chi connectivity index (χ0n) is 7.94. The maximum Gasteiger partial charge on any atom is 0.218 e. The predicted octanol–water partition coefficient (Wildman–Crippen LogP) is -1.33. The van der Waals surface area contributed by atoms with Crippen LogP contribution in [-0.4, -0.2) is 35.2 Å². The van der Waals surface area contributed by atoms with Crippen LogP contribution >= 0.6 is 0 Å². The number of nitrogens with zero attached hydrogens (tertiary/aromatic N) is 2. The SMILES string of the molecule is CC(=O)NCN(CNC(C)=O)[N+](=O)[O-]. The van der Waals surface area contributed by atoms with E-state index in [1.54, 1.807) is 0 Å². The lowest BCUT2D eigenvalue weighted by atomic mass is 10.7. The van der Waals surface area contributed by atoms with Gasteiger partial charge in [-0.15, -0.1) is 0 Å². The third kappa shape index (κ3) is 5.75. The van der Waals surface area contributed by atoms with Crippen molar-refractivity contribution in [3.8, 4) is 0 Å². The Bertz CT molecular complexity index is 224. The Morgan fingerprint density at radius 1 is 1.21 bits per heavy atom. The van der Waals surface area contributed by atoms with Crippen LogP contribution in [-0.2, 0) is 9.59 Å². The average Bonchev–Trinajstić information content (AvgIpc) is 2.02. The summed E-state index contributed by atoms with van der Waals surface area (Å²) < 4.78 is 0. The Kier molecular flexibility index (Phi) is 4.97. The van der Waals surface area contributed by atoms with Gasteiger partial charge in [0.25, 0.3) is 0 Å². The maximum absolute atomic E-state index is 10.5. The van der Waals surface area contributed by atoms with E-state index >= 15 is 0 Å². The van der Waals surface area contributed by atoms with E-state index in [-0.39, 0.29) is 25.2 Å². The molecule has 0 spiro atoms. The number of carbonyl (C=O) groups is 2. The number of amides is 2. The summed E-state index contributed by atoms with van der Waals surface area (Å²) in [6.07, 6.45) is 0. The van der Waals surface area contributed by atoms with Crippen molar-refractivity contribution in [1.82, 2.24) is 15.6 Å². The fraction of sp³-hybridized carbons (Fsp3) is 0.667. The Labute approximate surface area is 80.4 Å². The molecule has 0 saturated heterocycles. The van der Waals surface area contributed by atoms with Crippen LogP contribution in [0.15, 0.2) is 0 Å². The number of nitrogens with one attached hydrogen (secondary N) is 2. The van der Waals surface area contributed by atoms with Gasteiger partial charge in [-0.25, -0.2) is 10.1 Å². The van der Waals surface area contributed by atoms with Crippen LogP contribution in [0.1, 0.15) is 13.8 Å². The van der Waals surface area contributed by atoms with Crippen molar-refractivity contribution >= 4 is 11.8 Å². The normalized spacial score (nSPS) is 9.00. The first-order valence-electron chi connectivity index (χ1n) is 3.81. The van der Waals surface area contributed by atoms with Crippen LogP contribution in [0.5, 0.6) is 0 Å². The minimum absolute atomic E-state index is 0.247. The highest BCUT2D eigenvalue weighted by atomic mass is 16.7. The Hall–Kier alpha value is -1.86. The van der Waals surface area contributed by atoms with Gasteiger partial charge < -0.3 is 10.6 Å². The summed E-state index contributed by atoms with van der Waals surface area (Å²) in [5.74, 6) is -0.751. The van der Waals surface area contributed by atoms with Crippen LogP contribution in [0.3, 0.4) is 0 Å². The second-order valence-electron chi connectivity index (χ2n) is 2.53. The lowest BCUT2D eigenvalue weighted by Gasteiger charge is -2.13. The minimum Gasteiger partial charge on any atom is -0.334 e. The third-order valence-electron chi connectivity index (χ3n) is 1.25. The Morgan fingerprint density at radius 2 is 1.57 bits per heavy atom. The zero-order chi connectivity index (χ0) is 11.1. The molecule has 2 N–H and O–H groups in total. The van der Waals surface area contributed by atoms with Crippen LogP contribution < -0.4 is 10.6 Å². The van der Waals surface area contributed by atoms with Gasteiger partial charge in [-0.2, -0.15) is 0 Å². The van der Waals surface area contributed by atoms with Crippen molar-refractivity contribution < 1.29 is 14.6 Å². The summed E-state index contributed by atoms with van der Waals surface area (Å²) in [7, 11) is 0. The number of hydrogen-bond acceptors (Lipinski definition) is 4. The molecule has 0 heterocycles. The number of hydrogen-bond donors (Lipinski definition) is 2. The molecule has 0 radical (unpaired) electrons. The molecule has 0 unspecified atom stereocenters. The van der Waals surface area contributed by atoms with Gasteiger partial charge in [-0.05, 0) is 0 Å². The first kappa shape index (κ1) is 12.1. The first-order valence-corrected chi connectivity index (χ1v) is 3.81. The van der Waals surface area contributed by atoms with E-state index < -0.39 is 5.03 Å². The molecule has 0 aliphatic carbocycles. The standard InChI is InChI=1S/C6H12N4O4/c1-5(11)7-3-9(10(13)14)4-8-6(2)12/h3-4H2,1-2H3,(H,7,11)(H,8,12). The molecule has 0 bridgehead atoms. The summed E-state index contributed by atoms with van der Waals surface area (Å²) >= 11 is 0. The highest BCUT2D eigenvalue weighted by molar-refractivity contribution is 5.73. The lowest BCUT2D eigenvalue weighted by molar-refractivity contribution is -0.656. The molecule has 8 heteroatoms. The fourth-order valence-corrected chi connectivity index (χ4v) is 0.577. The van der Waals surface area contributed by atoms with Crippen molar-refractivity contribution in [3.05, 3.63) is 10.1 Å². The second-order valence-corrected chi connectivity index (χ2v) is 2.53. The summed E-state index contributed by atoms with van der Waals surface area (Å²) in [6.45, 7) is 2.00. The van der Waals surface area contributed by atoms with Crippen LogP contribution in [0.2, 0.25) is 0 Å². The van der Waals surface area contributed by atoms with E-state index in [0.717, 1.165) is 0 Å². The monoisotopic (exact) mass is 204 g/mol. The van der Waals surface area contributed by atoms with Crippen molar-refractivity contribution in [2.45, 2.75) is 13.8 Å². The quantitative estimate of drug-likeness (QED) is 0.328. The van der Waals surface area contributed by atoms with E-state index in [1.165, 1.54) is 13.8 Å². The molecule has 80 valence electrons. The predicted molar refractivity (Wildman–Crippen MR) is 46.2 cm³/mol. The highest BCUT2D eigenvalue weighted by Gasteiger charge is 2.13. The Morgan fingerprint density at radius 3 is 1.79 bits per heavy atom. The molecule has 0 aromatic heterocycles. The third-order valence-corrected chi connectivity index (χ3v) is 1.25. The zero-order valence-corrected chi connectivity index (χ0v) is 7.94. The minimum atomic E-state index is -0.703. The van der Waals surface area contributed by atoms with Crippen LogP contribution in [0, 0.1) is 10.1 Å². The molecule has 0 saturated carbocycles. The number of hydrazine groups is 1. The number of carbonyl (C=O) groups excluding carboxylic acids is 2. The molecule has 14 heavy (non-hydrogen) atoms. The summed E-state index contributed by atoms with van der Waals surface area (Å²) in [6, 6.07) is 0. The van der Waals surface area contributed by atoms with Gasteiger partial charge in [0.05, 0.1) is 0 Å². The molecule has 0 atom stereocenters. The van der Waals surface area contributed by atoms with Gasteiger partial charge >= 0.3 is 0 Å². The lowest BCUT2D eigenvalue weighted by Crippen LogP contribution is -2.46. The Balaban J connectivity index is 3.96. The molecule has 0 fully saturated rings. The molecule has 0 aliphatic heterocycles. The van der Waals surface area contributed by atoms with Crippen molar-refractivity contribution in [1.29, 1.82) is 0 Å². The fourth-order valence-electron chi connectivity index (χ4n) is 0.577. The smallest absolute Gasteiger partial charge is 0.218 e. The second kappa shape index (κ2) is 5.73. The van der Waals surface area contributed by atoms with Crippen molar-refractivity contribution in [3.63, 3.8) is 0 Å². The molecule has 0 aromatic rings. The van der Waals surface area contributed by atoms with Crippen molar-refractivity contribution in [2.75, 3.05) is 13.3 Å². The van der Waals surface area contributed by atoms with Gasteiger partial charge in [0.15, 0.2) is 18.4 Å². The maximum atomic E-state index is 10.5. The van der Waals surface area contributed by atoms with Crippen LogP contribution in [0.4, 0.5) is 0 Å². The number of nitro groups is 1. The van der Waals surface area contributed by atoms with E-state index in [0.29, 0.717) is 5.01 Å². The van der Waals surface area contributed by atoms with Gasteiger partial charge in [0.2, 0.25) is 11.8 Å². The van der Waals surface area contributed by atoms with Gasteiger partial charge in [-0.1, -0.05) is 5.01 Å². The molecule has 2 amide bonds. The van der Waals surface area contributed by atoms with E-state index in [1.807, 2.05) is 0 Å². The van der Waals surface area contributed by atoms with Gasteiger partial charge in [-0.3, -0.25) is 9.59 Å². The highest BCUT2D eigenvalue weighted by Crippen LogP contribution is 1.83. The molecular formula is C6H12N4O4. The van der Waals surface area contributed by atoms with E-state index in [9.17, 15) is 19.7 Å². The van der Waals surface area contributed by atoms with E-state index in [4.69, 9.17) is 0 Å². The largest absolute Gasteiger partial charge is 0.334 e. The molecular weight excluding hydrogens is 192 g/mol. The summed E-state index contributed by atoms with van der Waals surface area (Å²) in [4.78, 5) is 31.3. The molecule has 0 aliphatic rings. The van der Waals surface area contributed by atoms with Gasteiger partial charge in [0, 0.05) is 13.8 Å². The number of rotatable bonds is 5. The van der Waals surface area contributed by atoms with E-state index in [2.05, 4.69) is 10.6 Å². The topological polar surface area (TPSA) is 105 Å². The summed E-state index contributed by atoms with van der Waals surface area (Å²) in [5.41, 5.74) is 0. The van der Waals surface area contributed by atoms with Crippen molar-refractivity contribution in [2.24, 2.45) is 0 Å². The average molecular weight is 204 g/mol.